The number of allylic oxidation sites excluding steroid dienone is 1. The quantitative estimate of drug-likeness (QED) is 0.584. The zero-order valence-corrected chi connectivity index (χ0v) is 8.48. The highest BCUT2D eigenvalue weighted by atomic mass is 35.5. The molecule has 2 nitrogen and oxygen atoms in total. The number of halogens is 1. The molecule has 0 radical (unpaired) electrons. The van der Waals surface area contributed by atoms with Gasteiger partial charge in [0, 0.05) is 5.69 Å². The monoisotopic (exact) mass is 197 g/mol. The number of hydrogen-bond donors (Lipinski definition) is 1. The molecular formula is C10H12ClNO. The lowest BCUT2D eigenvalue weighted by atomic mass is 10.2. The maximum atomic E-state index is 5.93. The molecule has 0 saturated carbocycles. The van der Waals surface area contributed by atoms with Crippen LogP contribution in [-0.2, 0) is 0 Å². The van der Waals surface area contributed by atoms with Crippen molar-refractivity contribution in [3.8, 4) is 5.75 Å². The van der Waals surface area contributed by atoms with E-state index in [-0.39, 0.29) is 0 Å². The van der Waals surface area contributed by atoms with E-state index in [1.54, 1.807) is 13.0 Å². The van der Waals surface area contributed by atoms with Gasteiger partial charge in [-0.15, -0.1) is 0 Å². The highest BCUT2D eigenvalue weighted by molar-refractivity contribution is 6.32. The standard InChI is InChI=1S/C10H12ClNO/c1-6(2)13-10-7(3)4-8(12)5-9(10)11/h4-5H,1,12H2,2-3H3. The summed E-state index contributed by atoms with van der Waals surface area (Å²) in [5.41, 5.74) is 7.14. The van der Waals surface area contributed by atoms with Crippen molar-refractivity contribution in [1.29, 1.82) is 0 Å². The topological polar surface area (TPSA) is 35.2 Å². The van der Waals surface area contributed by atoms with E-state index in [1.165, 1.54) is 0 Å². The largest absolute Gasteiger partial charge is 0.461 e. The van der Waals surface area contributed by atoms with E-state index in [0.29, 0.717) is 22.2 Å². The Morgan fingerprint density at radius 1 is 1.54 bits per heavy atom. The van der Waals surface area contributed by atoms with Crippen molar-refractivity contribution in [2.75, 3.05) is 5.73 Å². The van der Waals surface area contributed by atoms with Gasteiger partial charge < -0.3 is 10.5 Å². The number of hydrogen-bond acceptors (Lipinski definition) is 2. The van der Waals surface area contributed by atoms with E-state index < -0.39 is 0 Å². The zero-order valence-electron chi connectivity index (χ0n) is 7.73. The molecule has 0 aliphatic carbocycles. The van der Waals surface area contributed by atoms with Gasteiger partial charge in [0.25, 0.3) is 0 Å². The summed E-state index contributed by atoms with van der Waals surface area (Å²) in [5, 5.41) is 0.514. The van der Waals surface area contributed by atoms with Gasteiger partial charge in [-0.2, -0.15) is 0 Å². The second kappa shape index (κ2) is 3.71. The highest BCUT2D eigenvalue weighted by Gasteiger charge is 2.06. The SMILES string of the molecule is C=C(C)Oc1c(C)cc(N)cc1Cl. The second-order valence-electron chi connectivity index (χ2n) is 2.95. The van der Waals surface area contributed by atoms with Gasteiger partial charge in [0.15, 0.2) is 0 Å². The Labute approximate surface area is 83.0 Å². The lowest BCUT2D eigenvalue weighted by Crippen LogP contribution is -1.94. The Hall–Kier alpha value is -1.15. The van der Waals surface area contributed by atoms with E-state index in [2.05, 4.69) is 6.58 Å². The van der Waals surface area contributed by atoms with Gasteiger partial charge in [0.2, 0.25) is 0 Å². The van der Waals surface area contributed by atoms with Crippen LogP contribution in [0.1, 0.15) is 12.5 Å². The molecule has 1 aromatic carbocycles. The first kappa shape index (κ1) is 9.93. The molecule has 70 valence electrons. The van der Waals surface area contributed by atoms with E-state index in [9.17, 15) is 0 Å². The normalized spacial score (nSPS) is 9.77. The van der Waals surface area contributed by atoms with Crippen molar-refractivity contribution in [1.82, 2.24) is 0 Å². The Kier molecular flexibility index (Phi) is 2.83. The smallest absolute Gasteiger partial charge is 0.148 e. The molecule has 0 heterocycles. The van der Waals surface area contributed by atoms with Gasteiger partial charge in [0.05, 0.1) is 10.8 Å². The van der Waals surface area contributed by atoms with Crippen LogP contribution < -0.4 is 10.5 Å². The Balaban J connectivity index is 3.13. The highest BCUT2D eigenvalue weighted by Crippen LogP contribution is 2.31. The number of nitrogen functional groups attached to an aromatic ring is 1. The van der Waals surface area contributed by atoms with Crippen LogP contribution in [0.15, 0.2) is 24.5 Å². The van der Waals surface area contributed by atoms with Crippen LogP contribution in [0.25, 0.3) is 0 Å². The van der Waals surface area contributed by atoms with Crippen molar-refractivity contribution in [3.63, 3.8) is 0 Å². The van der Waals surface area contributed by atoms with Crippen molar-refractivity contribution >= 4 is 17.3 Å². The number of benzene rings is 1. The third-order valence-corrected chi connectivity index (χ3v) is 1.81. The number of ether oxygens (including phenoxy) is 1. The molecule has 0 bridgehead atoms. The molecule has 1 rings (SSSR count). The molecule has 0 aromatic heterocycles. The average Bonchev–Trinajstić information content (AvgIpc) is 1.96. The van der Waals surface area contributed by atoms with E-state index in [4.69, 9.17) is 22.1 Å². The minimum Gasteiger partial charge on any atom is -0.461 e. The fraction of sp³-hybridized carbons (Fsp3) is 0.200. The Bertz CT molecular complexity index is 324. The Morgan fingerprint density at radius 2 is 2.15 bits per heavy atom. The van der Waals surface area contributed by atoms with Crippen LogP contribution in [0, 0.1) is 6.92 Å². The summed E-state index contributed by atoms with van der Waals surface area (Å²) < 4.78 is 5.35. The lowest BCUT2D eigenvalue weighted by Gasteiger charge is -2.10. The molecule has 0 aliphatic rings. The van der Waals surface area contributed by atoms with Gasteiger partial charge in [-0.05, 0) is 31.5 Å². The summed E-state index contributed by atoms with van der Waals surface area (Å²) in [4.78, 5) is 0. The summed E-state index contributed by atoms with van der Waals surface area (Å²) in [6.07, 6.45) is 0. The third kappa shape index (κ3) is 2.39. The molecule has 0 spiro atoms. The number of rotatable bonds is 2. The molecule has 13 heavy (non-hydrogen) atoms. The van der Waals surface area contributed by atoms with Crippen LogP contribution in [-0.4, -0.2) is 0 Å². The molecule has 0 amide bonds. The van der Waals surface area contributed by atoms with Gasteiger partial charge in [-0.3, -0.25) is 0 Å². The average molecular weight is 198 g/mol. The van der Waals surface area contributed by atoms with Crippen molar-refractivity contribution in [2.24, 2.45) is 0 Å². The molecule has 2 N–H and O–H groups in total. The van der Waals surface area contributed by atoms with E-state index in [1.807, 2.05) is 13.0 Å². The maximum Gasteiger partial charge on any atom is 0.148 e. The van der Waals surface area contributed by atoms with Crippen LogP contribution in [0.5, 0.6) is 5.75 Å². The van der Waals surface area contributed by atoms with Gasteiger partial charge in [-0.25, -0.2) is 0 Å². The Morgan fingerprint density at radius 3 is 2.62 bits per heavy atom. The molecule has 0 fully saturated rings. The van der Waals surface area contributed by atoms with Crippen LogP contribution in [0.4, 0.5) is 5.69 Å². The van der Waals surface area contributed by atoms with Gasteiger partial charge >= 0.3 is 0 Å². The van der Waals surface area contributed by atoms with Gasteiger partial charge in [0.1, 0.15) is 5.75 Å². The van der Waals surface area contributed by atoms with Crippen LogP contribution >= 0.6 is 11.6 Å². The van der Waals surface area contributed by atoms with Crippen LogP contribution in [0.2, 0.25) is 5.02 Å². The first-order valence-electron chi connectivity index (χ1n) is 3.89. The molecule has 0 saturated heterocycles. The third-order valence-electron chi connectivity index (χ3n) is 1.53. The van der Waals surface area contributed by atoms with Gasteiger partial charge in [-0.1, -0.05) is 18.2 Å². The minimum atomic E-state index is 0.514. The molecule has 0 atom stereocenters. The fourth-order valence-corrected chi connectivity index (χ4v) is 1.37. The second-order valence-corrected chi connectivity index (χ2v) is 3.36. The predicted octanol–water partition coefficient (Wildman–Crippen LogP) is 3.14. The summed E-state index contributed by atoms with van der Waals surface area (Å²) in [5.74, 6) is 1.23. The predicted molar refractivity (Wildman–Crippen MR) is 56.0 cm³/mol. The lowest BCUT2D eigenvalue weighted by molar-refractivity contribution is 0.427. The molecule has 3 heteroatoms. The molecule has 1 aromatic rings. The van der Waals surface area contributed by atoms with Crippen molar-refractivity contribution in [3.05, 3.63) is 35.1 Å². The number of aryl methyl sites for hydroxylation is 1. The summed E-state index contributed by atoms with van der Waals surface area (Å²) in [6.45, 7) is 7.30. The number of anilines is 1. The van der Waals surface area contributed by atoms with E-state index in [0.717, 1.165) is 5.56 Å². The first-order chi connectivity index (χ1) is 6.00. The molecule has 0 unspecified atom stereocenters. The first-order valence-corrected chi connectivity index (χ1v) is 4.27. The summed E-state index contributed by atoms with van der Waals surface area (Å²) >= 11 is 5.93. The maximum absolute atomic E-state index is 5.93. The van der Waals surface area contributed by atoms with Crippen molar-refractivity contribution in [2.45, 2.75) is 13.8 Å². The molecule has 0 aliphatic heterocycles. The van der Waals surface area contributed by atoms with E-state index >= 15 is 0 Å². The van der Waals surface area contributed by atoms with Crippen molar-refractivity contribution < 1.29 is 4.74 Å². The zero-order chi connectivity index (χ0) is 10.0. The summed E-state index contributed by atoms with van der Waals surface area (Å²) in [6, 6.07) is 3.47. The number of nitrogens with two attached hydrogens (primary N) is 1. The minimum absolute atomic E-state index is 0.514. The van der Waals surface area contributed by atoms with Crippen LogP contribution in [0.3, 0.4) is 0 Å². The fourth-order valence-electron chi connectivity index (χ4n) is 1.06. The molecular weight excluding hydrogens is 186 g/mol. The summed E-state index contributed by atoms with van der Waals surface area (Å²) in [7, 11) is 0.